The quantitative estimate of drug-likeness (QED) is 0.807. The number of hydrogen-bond acceptors (Lipinski definition) is 4. The minimum Gasteiger partial charge on any atom is -0.347 e. The van der Waals surface area contributed by atoms with Crippen LogP contribution < -0.4 is 5.32 Å². The van der Waals surface area contributed by atoms with E-state index in [4.69, 9.17) is 4.98 Å². The lowest BCUT2D eigenvalue weighted by Gasteiger charge is -2.15. The van der Waals surface area contributed by atoms with Crippen molar-refractivity contribution in [1.82, 2.24) is 19.7 Å². The molecule has 2 aromatic heterocycles. The van der Waals surface area contributed by atoms with Gasteiger partial charge in [-0.2, -0.15) is 5.10 Å². The van der Waals surface area contributed by atoms with Crippen molar-refractivity contribution in [2.75, 3.05) is 5.32 Å². The third kappa shape index (κ3) is 2.48. The molecule has 0 amide bonds. The summed E-state index contributed by atoms with van der Waals surface area (Å²) >= 11 is 0. The highest BCUT2D eigenvalue weighted by Gasteiger charge is 2.22. The smallest absolute Gasteiger partial charge is 0.223 e. The molecule has 1 aromatic carbocycles. The molecule has 0 spiro atoms. The van der Waals surface area contributed by atoms with Gasteiger partial charge in [0.2, 0.25) is 5.95 Å². The number of nitrogens with one attached hydrogen (secondary N) is 1. The largest absolute Gasteiger partial charge is 0.347 e. The van der Waals surface area contributed by atoms with E-state index in [1.165, 1.54) is 11.1 Å². The van der Waals surface area contributed by atoms with E-state index in [-0.39, 0.29) is 6.04 Å². The highest BCUT2D eigenvalue weighted by Crippen LogP contribution is 2.33. The van der Waals surface area contributed by atoms with E-state index >= 15 is 0 Å². The van der Waals surface area contributed by atoms with Crippen LogP contribution in [0.25, 0.3) is 11.4 Å². The molecule has 5 nitrogen and oxygen atoms in total. The van der Waals surface area contributed by atoms with Crippen LogP contribution in [0.4, 0.5) is 5.95 Å². The van der Waals surface area contributed by atoms with Crippen molar-refractivity contribution in [2.45, 2.75) is 25.8 Å². The molecule has 5 heteroatoms. The van der Waals surface area contributed by atoms with Gasteiger partial charge < -0.3 is 5.32 Å². The number of aromatic nitrogens is 4. The molecule has 23 heavy (non-hydrogen) atoms. The summed E-state index contributed by atoms with van der Waals surface area (Å²) in [6, 6.07) is 10.8. The van der Waals surface area contributed by atoms with Crippen molar-refractivity contribution in [3.05, 3.63) is 59.4 Å². The van der Waals surface area contributed by atoms with Crippen molar-refractivity contribution in [1.29, 1.82) is 0 Å². The molecular formula is C18H19N5. The van der Waals surface area contributed by atoms with Gasteiger partial charge in [0.15, 0.2) is 0 Å². The predicted octanol–water partition coefficient (Wildman–Crippen LogP) is 3.28. The van der Waals surface area contributed by atoms with Gasteiger partial charge in [0.25, 0.3) is 0 Å². The van der Waals surface area contributed by atoms with Gasteiger partial charge in [-0.3, -0.25) is 4.68 Å². The van der Waals surface area contributed by atoms with E-state index in [0.29, 0.717) is 5.95 Å². The van der Waals surface area contributed by atoms with Gasteiger partial charge in [-0.15, -0.1) is 0 Å². The Kier molecular flexibility index (Phi) is 3.33. The SMILES string of the molecule is Cc1cnc(N[C@H]2CCc3ccccc32)nc1-c1ccnn1C. The van der Waals surface area contributed by atoms with Gasteiger partial charge in [-0.1, -0.05) is 24.3 Å². The highest BCUT2D eigenvalue weighted by molar-refractivity contribution is 5.60. The zero-order valence-corrected chi connectivity index (χ0v) is 13.3. The highest BCUT2D eigenvalue weighted by atomic mass is 15.3. The van der Waals surface area contributed by atoms with Crippen LogP contribution in [0.15, 0.2) is 42.7 Å². The van der Waals surface area contributed by atoms with Gasteiger partial charge in [0, 0.05) is 19.4 Å². The number of hydrogen-bond donors (Lipinski definition) is 1. The van der Waals surface area contributed by atoms with E-state index in [2.05, 4.69) is 39.7 Å². The van der Waals surface area contributed by atoms with Crippen LogP contribution in [-0.2, 0) is 13.5 Å². The number of aryl methyl sites for hydroxylation is 3. The van der Waals surface area contributed by atoms with Gasteiger partial charge in [-0.05, 0) is 42.5 Å². The van der Waals surface area contributed by atoms with Crippen LogP contribution in [0.1, 0.15) is 29.2 Å². The molecule has 1 aliphatic carbocycles. The normalized spacial score (nSPS) is 16.3. The van der Waals surface area contributed by atoms with Crippen molar-refractivity contribution in [3.63, 3.8) is 0 Å². The summed E-state index contributed by atoms with van der Waals surface area (Å²) in [4.78, 5) is 9.19. The fraction of sp³-hybridized carbons (Fsp3) is 0.278. The van der Waals surface area contributed by atoms with Gasteiger partial charge in [0.05, 0.1) is 17.4 Å². The molecule has 1 atom stereocenters. The monoisotopic (exact) mass is 305 g/mol. The van der Waals surface area contributed by atoms with E-state index in [0.717, 1.165) is 29.8 Å². The molecule has 0 bridgehead atoms. The minimum absolute atomic E-state index is 0.285. The summed E-state index contributed by atoms with van der Waals surface area (Å²) in [6.45, 7) is 2.02. The summed E-state index contributed by atoms with van der Waals surface area (Å²) in [5.74, 6) is 0.675. The van der Waals surface area contributed by atoms with Crippen LogP contribution in [0, 0.1) is 6.92 Å². The second-order valence-corrected chi connectivity index (χ2v) is 6.00. The van der Waals surface area contributed by atoms with Gasteiger partial charge in [-0.25, -0.2) is 9.97 Å². The first-order chi connectivity index (χ1) is 11.2. The summed E-state index contributed by atoms with van der Waals surface area (Å²) in [7, 11) is 1.93. The number of benzene rings is 1. The van der Waals surface area contributed by atoms with Crippen LogP contribution >= 0.6 is 0 Å². The molecule has 1 N–H and O–H groups in total. The average Bonchev–Trinajstić information content (AvgIpc) is 3.16. The van der Waals surface area contributed by atoms with Crippen molar-refractivity contribution in [2.24, 2.45) is 7.05 Å². The van der Waals surface area contributed by atoms with E-state index in [1.54, 1.807) is 6.20 Å². The Morgan fingerprint density at radius 1 is 1.22 bits per heavy atom. The number of fused-ring (bicyclic) bond motifs is 1. The van der Waals surface area contributed by atoms with Crippen LogP contribution in [0.5, 0.6) is 0 Å². The molecule has 3 aromatic rings. The van der Waals surface area contributed by atoms with Crippen molar-refractivity contribution in [3.8, 4) is 11.4 Å². The average molecular weight is 305 g/mol. The second-order valence-electron chi connectivity index (χ2n) is 6.00. The third-order valence-corrected chi connectivity index (χ3v) is 4.47. The Hall–Kier alpha value is -2.69. The fourth-order valence-corrected chi connectivity index (χ4v) is 3.24. The Bertz CT molecular complexity index is 852. The molecule has 0 aliphatic heterocycles. The maximum atomic E-state index is 4.73. The van der Waals surface area contributed by atoms with E-state index in [1.807, 2.05) is 30.9 Å². The van der Waals surface area contributed by atoms with Crippen molar-refractivity contribution >= 4 is 5.95 Å². The number of anilines is 1. The predicted molar refractivity (Wildman–Crippen MR) is 90.1 cm³/mol. The molecular weight excluding hydrogens is 286 g/mol. The zero-order chi connectivity index (χ0) is 15.8. The topological polar surface area (TPSA) is 55.6 Å². The lowest BCUT2D eigenvalue weighted by atomic mass is 10.1. The molecule has 0 saturated carbocycles. The summed E-state index contributed by atoms with van der Waals surface area (Å²) in [5.41, 5.74) is 5.75. The van der Waals surface area contributed by atoms with Crippen LogP contribution in [-0.4, -0.2) is 19.7 Å². The van der Waals surface area contributed by atoms with Crippen LogP contribution in [0.2, 0.25) is 0 Å². The van der Waals surface area contributed by atoms with E-state index in [9.17, 15) is 0 Å². The summed E-state index contributed by atoms with van der Waals surface area (Å²) in [5, 5.41) is 7.73. The summed E-state index contributed by atoms with van der Waals surface area (Å²) < 4.78 is 1.84. The Morgan fingerprint density at radius 3 is 2.91 bits per heavy atom. The fourth-order valence-electron chi connectivity index (χ4n) is 3.24. The maximum Gasteiger partial charge on any atom is 0.223 e. The first kappa shape index (κ1) is 13.9. The zero-order valence-electron chi connectivity index (χ0n) is 13.3. The molecule has 4 rings (SSSR count). The molecule has 1 aliphatic rings. The molecule has 0 fully saturated rings. The standard InChI is InChI=1S/C18H19N5/c1-12-11-19-18(22-17(12)16-9-10-20-23(16)2)21-15-8-7-13-5-3-4-6-14(13)15/h3-6,9-11,15H,7-8H2,1-2H3,(H,19,21,22)/t15-/m0/s1. The number of nitrogens with zero attached hydrogens (tertiary/aromatic N) is 4. The Labute approximate surface area is 135 Å². The first-order valence-corrected chi connectivity index (χ1v) is 7.89. The van der Waals surface area contributed by atoms with Crippen molar-refractivity contribution < 1.29 is 0 Å². The third-order valence-electron chi connectivity index (χ3n) is 4.47. The molecule has 0 saturated heterocycles. The minimum atomic E-state index is 0.285. The molecule has 2 heterocycles. The van der Waals surface area contributed by atoms with Crippen LogP contribution in [0.3, 0.4) is 0 Å². The first-order valence-electron chi connectivity index (χ1n) is 7.89. The second kappa shape index (κ2) is 5.50. The van der Waals surface area contributed by atoms with Gasteiger partial charge in [0.1, 0.15) is 0 Å². The van der Waals surface area contributed by atoms with E-state index < -0.39 is 0 Å². The molecule has 0 unspecified atom stereocenters. The lowest BCUT2D eigenvalue weighted by Crippen LogP contribution is -2.11. The number of rotatable bonds is 3. The molecule has 0 radical (unpaired) electrons. The summed E-state index contributed by atoms with van der Waals surface area (Å²) in [6.07, 6.45) is 5.85. The maximum absolute atomic E-state index is 4.73. The Balaban J connectivity index is 1.65. The van der Waals surface area contributed by atoms with Gasteiger partial charge >= 0.3 is 0 Å². The Morgan fingerprint density at radius 2 is 2.09 bits per heavy atom. The molecule has 116 valence electrons. The lowest BCUT2D eigenvalue weighted by molar-refractivity contribution is 0.748.